The van der Waals surface area contributed by atoms with E-state index in [0.29, 0.717) is 39.8 Å². The number of phenols is 1. The molecule has 0 radical (unpaired) electrons. The Morgan fingerprint density at radius 3 is 2.41 bits per heavy atom. The molecule has 0 saturated heterocycles. The standard InChI is InChI=1S/C30H35N3O3S/c1-29(2,3)21-4-5-23-24(15-31)28(37-26(23)11-21)32-16-20-9-22(10-25(27(20)34)33(35)36)30-12-17-6-18(13-30)8-19(7-17)14-30/h9-10,16-19,21,34H,4-8,11-14H2,1-3H3/t17?,18?,19?,21-,30?/m1/s1. The van der Waals surface area contributed by atoms with Crippen LogP contribution in [-0.4, -0.2) is 16.2 Å². The van der Waals surface area contributed by atoms with E-state index >= 15 is 0 Å². The first kappa shape index (κ1) is 24.6. The molecule has 4 fully saturated rings. The summed E-state index contributed by atoms with van der Waals surface area (Å²) in [7, 11) is 0. The topological polar surface area (TPSA) is 99.5 Å². The molecule has 1 N–H and O–H groups in total. The van der Waals surface area contributed by atoms with Crippen molar-refractivity contribution >= 4 is 28.2 Å². The summed E-state index contributed by atoms with van der Waals surface area (Å²) in [5.41, 5.74) is 3.03. The van der Waals surface area contributed by atoms with Crippen molar-refractivity contribution in [2.75, 3.05) is 0 Å². The highest BCUT2D eigenvalue weighted by Gasteiger charge is 2.52. The van der Waals surface area contributed by atoms with Crippen molar-refractivity contribution in [1.29, 1.82) is 5.26 Å². The zero-order valence-electron chi connectivity index (χ0n) is 21.9. The average molecular weight is 518 g/mol. The number of hydrogen-bond acceptors (Lipinski definition) is 6. The fraction of sp³-hybridized carbons (Fsp3) is 0.600. The molecule has 1 aromatic heterocycles. The van der Waals surface area contributed by atoms with Crippen LogP contribution in [0.2, 0.25) is 0 Å². The van der Waals surface area contributed by atoms with Crippen molar-refractivity contribution in [1.82, 2.24) is 0 Å². The number of hydrogen-bond donors (Lipinski definition) is 1. The third kappa shape index (κ3) is 4.18. The van der Waals surface area contributed by atoms with Crippen molar-refractivity contribution in [2.45, 2.75) is 84.0 Å². The highest BCUT2D eigenvalue weighted by molar-refractivity contribution is 7.16. The van der Waals surface area contributed by atoms with Crippen LogP contribution in [0.3, 0.4) is 0 Å². The molecule has 7 rings (SSSR count). The molecule has 0 unspecified atom stereocenters. The number of nitro benzene ring substituents is 1. The fourth-order valence-corrected chi connectivity index (χ4v) is 9.52. The number of benzene rings is 1. The van der Waals surface area contributed by atoms with Crippen LogP contribution in [0, 0.1) is 50.5 Å². The number of nitriles is 1. The number of thiophene rings is 1. The lowest BCUT2D eigenvalue weighted by atomic mass is 9.48. The lowest BCUT2D eigenvalue weighted by Gasteiger charge is -2.57. The van der Waals surface area contributed by atoms with Gasteiger partial charge in [0.05, 0.1) is 10.5 Å². The summed E-state index contributed by atoms with van der Waals surface area (Å²) in [4.78, 5) is 17.4. The van der Waals surface area contributed by atoms with Gasteiger partial charge in [-0.2, -0.15) is 5.26 Å². The SMILES string of the molecule is CC(C)(C)[C@@H]1CCc2c(sc(N=Cc3cc(C45CC6CC(CC(C6)C4)C5)cc([N+](=O)[O-])c3O)c2C#N)C1. The van der Waals surface area contributed by atoms with E-state index in [9.17, 15) is 20.5 Å². The molecule has 7 heteroatoms. The minimum absolute atomic E-state index is 0.0302. The molecular weight excluding hydrogens is 482 g/mol. The van der Waals surface area contributed by atoms with Gasteiger partial charge in [0.25, 0.3) is 0 Å². The molecule has 6 nitrogen and oxygen atoms in total. The summed E-state index contributed by atoms with van der Waals surface area (Å²) in [6, 6.07) is 5.92. The first-order valence-corrected chi connectivity index (χ1v) is 14.5. The van der Waals surface area contributed by atoms with Crippen LogP contribution in [0.15, 0.2) is 17.1 Å². The summed E-state index contributed by atoms with van der Waals surface area (Å²) in [5.74, 6) is 2.36. The van der Waals surface area contributed by atoms with Crippen molar-refractivity contribution in [3.8, 4) is 11.8 Å². The van der Waals surface area contributed by atoms with E-state index in [0.717, 1.165) is 49.7 Å². The zero-order chi connectivity index (χ0) is 26.1. The van der Waals surface area contributed by atoms with Gasteiger partial charge < -0.3 is 5.11 Å². The van der Waals surface area contributed by atoms with Gasteiger partial charge in [-0.1, -0.05) is 20.8 Å². The monoisotopic (exact) mass is 517 g/mol. The lowest BCUT2D eigenvalue weighted by Crippen LogP contribution is -2.48. The van der Waals surface area contributed by atoms with Crippen LogP contribution in [0.1, 0.15) is 92.8 Å². The maximum atomic E-state index is 11.9. The van der Waals surface area contributed by atoms with E-state index < -0.39 is 4.92 Å². The highest BCUT2D eigenvalue weighted by Crippen LogP contribution is 2.61. The Balaban J connectivity index is 1.37. The third-order valence-electron chi connectivity index (χ3n) is 9.87. The smallest absolute Gasteiger partial charge is 0.311 e. The van der Waals surface area contributed by atoms with Gasteiger partial charge in [0.15, 0.2) is 0 Å². The summed E-state index contributed by atoms with van der Waals surface area (Å²) in [6.07, 6.45) is 11.6. The van der Waals surface area contributed by atoms with Crippen LogP contribution < -0.4 is 0 Å². The number of phenolic OH excluding ortho intramolecular Hbond substituents is 1. The van der Waals surface area contributed by atoms with Gasteiger partial charge in [0.1, 0.15) is 11.1 Å². The lowest BCUT2D eigenvalue weighted by molar-refractivity contribution is -0.386. The number of rotatable bonds is 4. The fourth-order valence-electron chi connectivity index (χ4n) is 8.29. The van der Waals surface area contributed by atoms with Crippen molar-refractivity contribution in [3.63, 3.8) is 0 Å². The Morgan fingerprint density at radius 2 is 1.84 bits per heavy atom. The number of nitrogens with zero attached hydrogens (tertiary/aromatic N) is 3. The van der Waals surface area contributed by atoms with Crippen LogP contribution in [0.25, 0.3) is 0 Å². The van der Waals surface area contributed by atoms with E-state index in [-0.39, 0.29) is 22.3 Å². The molecule has 1 atom stereocenters. The van der Waals surface area contributed by atoms with Gasteiger partial charge in [-0.15, -0.1) is 11.3 Å². The highest BCUT2D eigenvalue weighted by atomic mass is 32.1. The van der Waals surface area contributed by atoms with Gasteiger partial charge in [0, 0.05) is 22.7 Å². The first-order chi connectivity index (χ1) is 17.6. The van der Waals surface area contributed by atoms with E-state index in [4.69, 9.17) is 0 Å². The van der Waals surface area contributed by atoms with Crippen LogP contribution >= 0.6 is 11.3 Å². The second-order valence-electron chi connectivity index (χ2n) is 13.2. The second kappa shape index (κ2) is 8.66. The number of aromatic hydroxyl groups is 1. The molecule has 194 valence electrons. The summed E-state index contributed by atoms with van der Waals surface area (Å²) in [6.45, 7) is 6.81. The molecule has 4 bridgehead atoms. The molecular formula is C30H35N3O3S. The molecule has 0 spiro atoms. The normalized spacial score (nSPS) is 30.4. The molecule has 1 aromatic carbocycles. The summed E-state index contributed by atoms with van der Waals surface area (Å²) < 4.78 is 0. The summed E-state index contributed by atoms with van der Waals surface area (Å²) >= 11 is 1.56. The molecule has 4 saturated carbocycles. The predicted molar refractivity (Wildman–Crippen MR) is 146 cm³/mol. The van der Waals surface area contributed by atoms with Gasteiger partial charge in [-0.25, -0.2) is 4.99 Å². The minimum atomic E-state index is -0.478. The van der Waals surface area contributed by atoms with Crippen LogP contribution in [0.5, 0.6) is 5.75 Å². The maximum absolute atomic E-state index is 11.9. The Bertz CT molecular complexity index is 1310. The van der Waals surface area contributed by atoms with E-state index in [1.807, 2.05) is 6.07 Å². The molecule has 37 heavy (non-hydrogen) atoms. The van der Waals surface area contributed by atoms with E-state index in [1.165, 1.54) is 24.1 Å². The van der Waals surface area contributed by atoms with Crippen LogP contribution in [-0.2, 0) is 18.3 Å². The van der Waals surface area contributed by atoms with Gasteiger partial charge in [-0.3, -0.25) is 10.1 Å². The Hall–Kier alpha value is -2.72. The van der Waals surface area contributed by atoms with Crippen molar-refractivity contribution in [2.24, 2.45) is 34.1 Å². The molecule has 1 heterocycles. The number of fused-ring (bicyclic) bond motifs is 1. The van der Waals surface area contributed by atoms with Gasteiger partial charge >= 0.3 is 5.69 Å². The van der Waals surface area contributed by atoms with E-state index in [1.54, 1.807) is 23.6 Å². The summed E-state index contributed by atoms with van der Waals surface area (Å²) in [5, 5.41) is 33.4. The van der Waals surface area contributed by atoms with Crippen LogP contribution in [0.4, 0.5) is 10.7 Å². The molecule has 0 amide bonds. The second-order valence-corrected chi connectivity index (χ2v) is 14.3. The van der Waals surface area contributed by atoms with E-state index in [2.05, 4.69) is 31.8 Å². The quantitative estimate of drug-likeness (QED) is 0.256. The minimum Gasteiger partial charge on any atom is -0.502 e. The zero-order valence-corrected chi connectivity index (χ0v) is 22.7. The third-order valence-corrected chi connectivity index (χ3v) is 11.0. The predicted octanol–water partition coefficient (Wildman–Crippen LogP) is 7.60. The first-order valence-electron chi connectivity index (χ1n) is 13.7. The van der Waals surface area contributed by atoms with Crippen molar-refractivity contribution < 1.29 is 10.0 Å². The maximum Gasteiger partial charge on any atom is 0.311 e. The number of nitro groups is 1. The Kier molecular flexibility index (Phi) is 5.76. The molecule has 0 aliphatic heterocycles. The molecule has 5 aliphatic rings. The Morgan fingerprint density at radius 1 is 1.19 bits per heavy atom. The molecule has 2 aromatic rings. The Labute approximate surface area is 222 Å². The average Bonchev–Trinajstić information content (AvgIpc) is 3.18. The van der Waals surface area contributed by atoms with Crippen molar-refractivity contribution in [3.05, 3.63) is 49.4 Å². The van der Waals surface area contributed by atoms with Gasteiger partial charge in [-0.05, 0) is 109 Å². The largest absolute Gasteiger partial charge is 0.502 e. The van der Waals surface area contributed by atoms with Gasteiger partial charge in [0.2, 0.25) is 5.75 Å². The number of aliphatic imine (C=N–C) groups is 1. The molecule has 5 aliphatic carbocycles.